The largest absolute Gasteiger partial charge is 0.394 e. The molecule has 0 aliphatic rings. The molecule has 0 fully saturated rings. The van der Waals surface area contributed by atoms with Crippen LogP contribution in [0.3, 0.4) is 0 Å². The predicted octanol–water partition coefficient (Wildman–Crippen LogP) is 2.36. The van der Waals surface area contributed by atoms with Crippen molar-refractivity contribution in [2.24, 2.45) is 0 Å². The molecule has 4 N–H and O–H groups in total. The van der Waals surface area contributed by atoms with Crippen LogP contribution < -0.4 is 10.6 Å². The number of carbonyl (C=O) groups excluding carboxylic acids is 1. The van der Waals surface area contributed by atoms with Gasteiger partial charge in [-0.1, -0.05) is 17.7 Å². The lowest BCUT2D eigenvalue weighted by Gasteiger charge is -2.11. The topological polar surface area (TPSA) is 81.6 Å². The highest BCUT2D eigenvalue weighted by Crippen LogP contribution is 2.16. The first-order valence-electron chi connectivity index (χ1n) is 6.78. The van der Waals surface area contributed by atoms with Gasteiger partial charge in [0.2, 0.25) is 0 Å². The van der Waals surface area contributed by atoms with E-state index in [-0.39, 0.29) is 19.1 Å². The van der Waals surface area contributed by atoms with Crippen molar-refractivity contribution in [1.82, 2.24) is 0 Å². The van der Waals surface area contributed by atoms with E-state index in [4.69, 9.17) is 16.7 Å². The summed E-state index contributed by atoms with van der Waals surface area (Å²) in [6, 6.07) is 13.7. The van der Waals surface area contributed by atoms with E-state index in [2.05, 4.69) is 10.6 Å². The van der Waals surface area contributed by atoms with Crippen molar-refractivity contribution in [3.05, 3.63) is 59.1 Å². The number of hydrogen-bond donors (Lipinski definition) is 4. The predicted molar refractivity (Wildman–Crippen MR) is 87.4 cm³/mol. The fourth-order valence-corrected chi connectivity index (χ4v) is 2.00. The highest BCUT2D eigenvalue weighted by molar-refractivity contribution is 6.30. The van der Waals surface area contributed by atoms with Gasteiger partial charge >= 0.3 is 0 Å². The summed E-state index contributed by atoms with van der Waals surface area (Å²) in [6.45, 7) is -0.0579. The number of carbonyl (C=O) groups is 1. The fourth-order valence-electron chi connectivity index (χ4n) is 1.81. The Morgan fingerprint density at radius 2 is 1.86 bits per heavy atom. The number of aliphatic hydroxyl groups excluding tert-OH is 2. The van der Waals surface area contributed by atoms with E-state index >= 15 is 0 Å². The van der Waals surface area contributed by atoms with Crippen molar-refractivity contribution in [2.45, 2.75) is 6.10 Å². The Bertz CT molecular complexity index is 632. The second-order valence-corrected chi connectivity index (χ2v) is 5.20. The molecule has 6 heteroatoms. The van der Waals surface area contributed by atoms with Gasteiger partial charge in [-0.15, -0.1) is 0 Å². The molecule has 2 aromatic rings. The fraction of sp³-hybridized carbons (Fsp3) is 0.188. The summed E-state index contributed by atoms with van der Waals surface area (Å²) >= 11 is 5.87. The number of benzene rings is 2. The molecule has 116 valence electrons. The molecular formula is C16H17ClN2O3. The molecule has 0 saturated heterocycles. The Balaban J connectivity index is 1.96. The standard InChI is InChI=1S/C16H17ClN2O3/c17-12-2-1-3-14(8-12)19-16(22)11-4-6-13(7-5-11)18-9-15(21)10-20/h1-8,15,18,20-21H,9-10H2,(H,19,22). The monoisotopic (exact) mass is 320 g/mol. The molecule has 0 aliphatic heterocycles. The summed E-state index contributed by atoms with van der Waals surface area (Å²) in [5.74, 6) is -0.232. The zero-order chi connectivity index (χ0) is 15.9. The summed E-state index contributed by atoms with van der Waals surface area (Å²) in [5.41, 5.74) is 1.89. The van der Waals surface area contributed by atoms with E-state index in [9.17, 15) is 9.90 Å². The first kappa shape index (κ1) is 16.3. The first-order valence-corrected chi connectivity index (χ1v) is 7.16. The summed E-state index contributed by atoms with van der Waals surface area (Å²) < 4.78 is 0. The second-order valence-electron chi connectivity index (χ2n) is 4.76. The molecule has 0 heterocycles. The number of aliphatic hydroxyl groups is 2. The maximum Gasteiger partial charge on any atom is 0.255 e. The van der Waals surface area contributed by atoms with E-state index in [1.165, 1.54) is 0 Å². The third kappa shape index (κ3) is 4.73. The quantitative estimate of drug-likeness (QED) is 0.658. The highest BCUT2D eigenvalue weighted by atomic mass is 35.5. The van der Waals surface area contributed by atoms with Gasteiger partial charge in [-0.05, 0) is 42.5 Å². The molecule has 0 aliphatic carbocycles. The number of hydrogen-bond acceptors (Lipinski definition) is 4. The Labute approximate surface area is 133 Å². The third-order valence-corrected chi connectivity index (χ3v) is 3.22. The van der Waals surface area contributed by atoms with Gasteiger partial charge in [-0.3, -0.25) is 4.79 Å². The zero-order valence-corrected chi connectivity index (χ0v) is 12.5. The molecule has 2 aromatic carbocycles. The van der Waals surface area contributed by atoms with Crippen LogP contribution in [-0.2, 0) is 0 Å². The van der Waals surface area contributed by atoms with Crippen LogP contribution in [0.15, 0.2) is 48.5 Å². The van der Waals surface area contributed by atoms with Crippen molar-refractivity contribution in [3.8, 4) is 0 Å². The summed E-state index contributed by atoms with van der Waals surface area (Å²) in [7, 11) is 0. The van der Waals surface area contributed by atoms with E-state index < -0.39 is 6.10 Å². The van der Waals surface area contributed by atoms with E-state index in [0.717, 1.165) is 5.69 Å². The first-order chi connectivity index (χ1) is 10.6. The number of anilines is 2. The Morgan fingerprint density at radius 1 is 1.14 bits per heavy atom. The molecule has 2 rings (SSSR count). The number of nitrogens with one attached hydrogen (secondary N) is 2. The van der Waals surface area contributed by atoms with Crippen molar-refractivity contribution < 1.29 is 15.0 Å². The van der Waals surface area contributed by atoms with Crippen molar-refractivity contribution in [1.29, 1.82) is 0 Å². The van der Waals surface area contributed by atoms with Crippen LogP contribution in [0.1, 0.15) is 10.4 Å². The maximum absolute atomic E-state index is 12.1. The van der Waals surface area contributed by atoms with Crippen LogP contribution in [0.4, 0.5) is 11.4 Å². The molecule has 1 atom stereocenters. The van der Waals surface area contributed by atoms with Gasteiger partial charge in [-0.2, -0.15) is 0 Å². The molecule has 22 heavy (non-hydrogen) atoms. The zero-order valence-electron chi connectivity index (χ0n) is 11.8. The van der Waals surface area contributed by atoms with Crippen LogP contribution >= 0.6 is 11.6 Å². The van der Waals surface area contributed by atoms with Crippen LogP contribution in [0.5, 0.6) is 0 Å². The Kier molecular flexibility index (Phi) is 5.77. The molecule has 5 nitrogen and oxygen atoms in total. The van der Waals surface area contributed by atoms with E-state index in [1.54, 1.807) is 48.5 Å². The minimum absolute atomic E-state index is 0.232. The molecule has 1 unspecified atom stereocenters. The van der Waals surface area contributed by atoms with Crippen molar-refractivity contribution in [2.75, 3.05) is 23.8 Å². The van der Waals surface area contributed by atoms with Crippen LogP contribution in [0.2, 0.25) is 5.02 Å². The van der Waals surface area contributed by atoms with Gasteiger partial charge in [-0.25, -0.2) is 0 Å². The smallest absolute Gasteiger partial charge is 0.255 e. The van der Waals surface area contributed by atoms with E-state index in [1.807, 2.05) is 0 Å². The lowest BCUT2D eigenvalue weighted by Crippen LogP contribution is -2.22. The van der Waals surface area contributed by atoms with Crippen LogP contribution in [0.25, 0.3) is 0 Å². The molecule has 0 aromatic heterocycles. The van der Waals surface area contributed by atoms with Gasteiger partial charge in [0.1, 0.15) is 0 Å². The van der Waals surface area contributed by atoms with Crippen LogP contribution in [0, 0.1) is 0 Å². The minimum atomic E-state index is -0.814. The molecular weight excluding hydrogens is 304 g/mol. The van der Waals surface area contributed by atoms with Gasteiger partial charge in [0.05, 0.1) is 12.7 Å². The lowest BCUT2D eigenvalue weighted by molar-refractivity contribution is 0.102. The van der Waals surface area contributed by atoms with Gasteiger partial charge in [0, 0.05) is 28.5 Å². The maximum atomic E-state index is 12.1. The number of halogens is 1. The minimum Gasteiger partial charge on any atom is -0.394 e. The molecule has 0 radical (unpaired) electrons. The molecule has 0 spiro atoms. The van der Waals surface area contributed by atoms with Crippen molar-refractivity contribution in [3.63, 3.8) is 0 Å². The average Bonchev–Trinajstić information content (AvgIpc) is 2.53. The third-order valence-electron chi connectivity index (χ3n) is 2.98. The van der Waals surface area contributed by atoms with Crippen LogP contribution in [-0.4, -0.2) is 35.4 Å². The summed E-state index contributed by atoms with van der Waals surface area (Å²) in [4.78, 5) is 12.1. The molecule has 1 amide bonds. The van der Waals surface area contributed by atoms with Gasteiger partial charge in [0.25, 0.3) is 5.91 Å². The Morgan fingerprint density at radius 3 is 2.50 bits per heavy atom. The molecule has 0 bridgehead atoms. The second kappa shape index (κ2) is 7.79. The summed E-state index contributed by atoms with van der Waals surface area (Å²) in [6.07, 6.45) is -0.814. The van der Waals surface area contributed by atoms with Gasteiger partial charge < -0.3 is 20.8 Å². The average molecular weight is 321 g/mol. The Hall–Kier alpha value is -2.08. The highest BCUT2D eigenvalue weighted by Gasteiger charge is 2.07. The lowest BCUT2D eigenvalue weighted by atomic mass is 10.2. The van der Waals surface area contributed by atoms with Crippen molar-refractivity contribution >= 4 is 28.9 Å². The SMILES string of the molecule is O=C(Nc1cccc(Cl)c1)c1ccc(NCC(O)CO)cc1. The van der Waals surface area contributed by atoms with E-state index in [0.29, 0.717) is 16.3 Å². The van der Waals surface area contributed by atoms with Gasteiger partial charge in [0.15, 0.2) is 0 Å². The molecule has 0 saturated carbocycles. The number of rotatable bonds is 6. The number of amides is 1. The normalized spacial score (nSPS) is 11.8. The summed E-state index contributed by atoms with van der Waals surface area (Å²) in [5, 5.41) is 24.3.